The fraction of sp³-hybridized carbons (Fsp3) is 0.500. The molecule has 0 amide bonds. The number of carbonyl (C=O) groups is 1. The zero-order valence-corrected chi connectivity index (χ0v) is 13.0. The van der Waals surface area contributed by atoms with Gasteiger partial charge in [-0.05, 0) is 19.1 Å². The van der Waals surface area contributed by atoms with Crippen molar-refractivity contribution in [2.75, 3.05) is 6.26 Å². The van der Waals surface area contributed by atoms with E-state index in [0.717, 1.165) is 6.26 Å². The van der Waals surface area contributed by atoms with Crippen LogP contribution in [0.25, 0.3) is 0 Å². The van der Waals surface area contributed by atoms with Crippen LogP contribution in [0.3, 0.4) is 0 Å². The van der Waals surface area contributed by atoms with Gasteiger partial charge in [0.15, 0.2) is 12.4 Å². The van der Waals surface area contributed by atoms with Crippen LogP contribution in [0.15, 0.2) is 30.3 Å². The van der Waals surface area contributed by atoms with Gasteiger partial charge < -0.3 is 14.6 Å². The molecule has 0 radical (unpaired) electrons. The molecule has 0 spiro atoms. The molecule has 1 aromatic rings. The van der Waals surface area contributed by atoms with Gasteiger partial charge in [0.25, 0.3) is 10.1 Å². The topological polar surface area (TPSA) is 99.1 Å². The lowest BCUT2D eigenvalue weighted by atomic mass is 10.0. The number of hydrogen-bond donors (Lipinski definition) is 1. The van der Waals surface area contributed by atoms with E-state index in [4.69, 9.17) is 13.7 Å². The molecule has 1 aliphatic rings. The number of hydrogen-bond acceptors (Lipinski definition) is 7. The van der Waals surface area contributed by atoms with Crippen molar-refractivity contribution in [1.82, 2.24) is 0 Å². The molecule has 1 saturated heterocycles. The number of aliphatic hydroxyl groups excluding tert-OH is 1. The van der Waals surface area contributed by atoms with Crippen LogP contribution in [0.5, 0.6) is 0 Å². The van der Waals surface area contributed by atoms with Crippen LogP contribution in [-0.2, 0) is 23.8 Å². The average Bonchev–Trinajstić information content (AvgIpc) is 2.41. The van der Waals surface area contributed by atoms with Gasteiger partial charge in [0.05, 0.1) is 17.9 Å². The smallest absolute Gasteiger partial charge is 0.338 e. The maximum absolute atomic E-state index is 12.1. The second-order valence-electron chi connectivity index (χ2n) is 5.11. The number of rotatable bonds is 4. The van der Waals surface area contributed by atoms with Crippen LogP contribution in [0.1, 0.15) is 23.7 Å². The highest BCUT2D eigenvalue weighted by atomic mass is 32.2. The molecule has 122 valence electrons. The Balaban J connectivity index is 2.15. The summed E-state index contributed by atoms with van der Waals surface area (Å²) in [7, 11) is -3.76. The molecule has 1 aliphatic heterocycles. The van der Waals surface area contributed by atoms with Crippen molar-refractivity contribution < 1.29 is 32.0 Å². The summed E-state index contributed by atoms with van der Waals surface area (Å²) in [6.45, 7) is 1.57. The Hall–Kier alpha value is -1.48. The standard InChI is InChI=1S/C14H18O7S/c1-9-13(20-14(16)10-6-4-3-5-7-10)11(8-12(15)19-9)21-22(2,17)18/h3-7,9,11-13,15H,8H2,1-2H3/t9-,11+,12+,13-/m1/s1. The Kier molecular flexibility index (Phi) is 5.17. The van der Waals surface area contributed by atoms with Gasteiger partial charge >= 0.3 is 5.97 Å². The van der Waals surface area contributed by atoms with Crippen molar-refractivity contribution in [2.45, 2.75) is 37.9 Å². The fourth-order valence-electron chi connectivity index (χ4n) is 2.27. The Morgan fingerprint density at radius 2 is 1.95 bits per heavy atom. The van der Waals surface area contributed by atoms with Crippen molar-refractivity contribution >= 4 is 16.1 Å². The minimum atomic E-state index is -3.76. The molecule has 2 rings (SSSR count). The molecule has 0 aromatic heterocycles. The quantitative estimate of drug-likeness (QED) is 0.640. The van der Waals surface area contributed by atoms with Crippen LogP contribution in [-0.4, -0.2) is 50.4 Å². The fourth-order valence-corrected chi connectivity index (χ4v) is 2.91. The van der Waals surface area contributed by atoms with E-state index >= 15 is 0 Å². The van der Waals surface area contributed by atoms with Gasteiger partial charge in [0.1, 0.15) is 6.10 Å². The Labute approximate surface area is 128 Å². The third-order valence-electron chi connectivity index (χ3n) is 3.19. The highest BCUT2D eigenvalue weighted by Crippen LogP contribution is 2.26. The zero-order chi connectivity index (χ0) is 16.3. The highest BCUT2D eigenvalue weighted by Gasteiger charge is 2.41. The average molecular weight is 330 g/mol. The first-order chi connectivity index (χ1) is 10.3. The maximum Gasteiger partial charge on any atom is 0.338 e. The van der Waals surface area contributed by atoms with E-state index in [2.05, 4.69) is 0 Å². The van der Waals surface area contributed by atoms with E-state index in [1.807, 2.05) is 0 Å². The van der Waals surface area contributed by atoms with Crippen molar-refractivity contribution in [1.29, 1.82) is 0 Å². The summed E-state index contributed by atoms with van der Waals surface area (Å²) < 4.78 is 38.1. The summed E-state index contributed by atoms with van der Waals surface area (Å²) in [5, 5.41) is 9.58. The molecule has 1 heterocycles. The predicted molar refractivity (Wildman–Crippen MR) is 76.5 cm³/mol. The Bertz CT molecular complexity index is 613. The first kappa shape index (κ1) is 16.9. The molecule has 0 unspecified atom stereocenters. The number of aliphatic hydroxyl groups is 1. The molecular weight excluding hydrogens is 312 g/mol. The van der Waals surface area contributed by atoms with E-state index in [1.54, 1.807) is 37.3 Å². The molecule has 1 fully saturated rings. The van der Waals surface area contributed by atoms with E-state index in [9.17, 15) is 18.3 Å². The molecule has 0 bridgehead atoms. The number of benzene rings is 1. The van der Waals surface area contributed by atoms with Gasteiger partial charge in [-0.15, -0.1) is 0 Å². The van der Waals surface area contributed by atoms with E-state index < -0.39 is 40.7 Å². The van der Waals surface area contributed by atoms with Crippen molar-refractivity contribution in [2.24, 2.45) is 0 Å². The van der Waals surface area contributed by atoms with Crippen LogP contribution >= 0.6 is 0 Å². The largest absolute Gasteiger partial charge is 0.453 e. The molecule has 4 atom stereocenters. The first-order valence-corrected chi connectivity index (χ1v) is 8.56. The molecule has 1 aromatic carbocycles. The van der Waals surface area contributed by atoms with Crippen LogP contribution in [0.2, 0.25) is 0 Å². The van der Waals surface area contributed by atoms with Gasteiger partial charge in [-0.3, -0.25) is 4.18 Å². The predicted octanol–water partition coefficient (Wildman–Crippen LogP) is 0.684. The first-order valence-electron chi connectivity index (χ1n) is 6.74. The van der Waals surface area contributed by atoms with Crippen molar-refractivity contribution in [3.05, 3.63) is 35.9 Å². The van der Waals surface area contributed by atoms with Crippen molar-refractivity contribution in [3.63, 3.8) is 0 Å². The monoisotopic (exact) mass is 330 g/mol. The summed E-state index contributed by atoms with van der Waals surface area (Å²) in [4.78, 5) is 12.1. The number of ether oxygens (including phenoxy) is 2. The molecule has 7 nitrogen and oxygen atoms in total. The minimum Gasteiger partial charge on any atom is -0.453 e. The third-order valence-corrected chi connectivity index (χ3v) is 3.78. The van der Waals surface area contributed by atoms with Gasteiger partial charge in [0.2, 0.25) is 0 Å². The highest BCUT2D eigenvalue weighted by molar-refractivity contribution is 7.86. The second-order valence-corrected chi connectivity index (χ2v) is 6.71. The van der Waals surface area contributed by atoms with Crippen molar-refractivity contribution in [3.8, 4) is 0 Å². The molecule has 0 aliphatic carbocycles. The van der Waals surface area contributed by atoms with E-state index in [1.165, 1.54) is 0 Å². The summed E-state index contributed by atoms with van der Waals surface area (Å²) in [6, 6.07) is 8.29. The lowest BCUT2D eigenvalue weighted by molar-refractivity contribution is -0.221. The summed E-state index contributed by atoms with van der Waals surface area (Å²) >= 11 is 0. The van der Waals surface area contributed by atoms with Gasteiger partial charge in [-0.25, -0.2) is 4.79 Å². The summed E-state index contributed by atoms with van der Waals surface area (Å²) in [6.07, 6.45) is -3.02. The lowest BCUT2D eigenvalue weighted by Gasteiger charge is -2.37. The third kappa shape index (κ3) is 4.51. The van der Waals surface area contributed by atoms with E-state index in [-0.39, 0.29) is 6.42 Å². The molecular formula is C14H18O7S. The van der Waals surface area contributed by atoms with Gasteiger partial charge in [-0.1, -0.05) is 18.2 Å². The number of esters is 1. The summed E-state index contributed by atoms with van der Waals surface area (Å²) in [5.41, 5.74) is 0.332. The number of carbonyl (C=O) groups excluding carboxylic acids is 1. The zero-order valence-electron chi connectivity index (χ0n) is 12.2. The minimum absolute atomic E-state index is 0.107. The van der Waals surface area contributed by atoms with E-state index in [0.29, 0.717) is 5.56 Å². The summed E-state index contributed by atoms with van der Waals surface area (Å²) in [5.74, 6) is -0.612. The SMILES string of the molecule is C[C@H]1O[C@H](O)C[C@H](OS(C)(=O)=O)[C@@H]1OC(=O)c1ccccc1. The van der Waals surface area contributed by atoms with Crippen LogP contribution in [0.4, 0.5) is 0 Å². The van der Waals surface area contributed by atoms with Gasteiger partial charge in [-0.2, -0.15) is 8.42 Å². The Morgan fingerprint density at radius 3 is 2.55 bits per heavy atom. The maximum atomic E-state index is 12.1. The van der Waals surface area contributed by atoms with Crippen LogP contribution in [0, 0.1) is 0 Å². The molecule has 1 N–H and O–H groups in total. The normalized spacial score (nSPS) is 29.0. The second kappa shape index (κ2) is 6.74. The lowest BCUT2D eigenvalue weighted by Crippen LogP contribution is -2.50. The Morgan fingerprint density at radius 1 is 1.32 bits per heavy atom. The molecule has 0 saturated carbocycles. The molecule has 22 heavy (non-hydrogen) atoms. The molecule has 8 heteroatoms. The van der Waals surface area contributed by atoms with Crippen LogP contribution < -0.4 is 0 Å². The van der Waals surface area contributed by atoms with Gasteiger partial charge in [0, 0.05) is 6.42 Å².